The van der Waals surface area contributed by atoms with Crippen molar-refractivity contribution in [3.63, 3.8) is 0 Å². The predicted octanol–water partition coefficient (Wildman–Crippen LogP) is 4.73. The van der Waals surface area contributed by atoms with Gasteiger partial charge in [0.1, 0.15) is 11.3 Å². The van der Waals surface area contributed by atoms with Gasteiger partial charge in [0.25, 0.3) is 0 Å². The van der Waals surface area contributed by atoms with Gasteiger partial charge in [0.15, 0.2) is 17.3 Å². The Kier molecular flexibility index (Phi) is 5.63. The highest BCUT2D eigenvalue weighted by Crippen LogP contribution is 2.36. The average molecular weight is 514 g/mol. The quantitative estimate of drug-likeness (QED) is 0.331. The van der Waals surface area contributed by atoms with Crippen LogP contribution < -0.4 is 11.1 Å². The van der Waals surface area contributed by atoms with Gasteiger partial charge in [-0.3, -0.25) is 9.55 Å². The molecule has 0 saturated heterocycles. The molecule has 1 aliphatic rings. The summed E-state index contributed by atoms with van der Waals surface area (Å²) in [5.74, 6) is 1.85. The van der Waals surface area contributed by atoms with Crippen LogP contribution in [0.15, 0.2) is 85.5 Å². The van der Waals surface area contributed by atoms with Gasteiger partial charge in [-0.15, -0.1) is 0 Å². The summed E-state index contributed by atoms with van der Waals surface area (Å²) < 4.78 is 3.83. The Hall–Kier alpha value is -4.89. The lowest BCUT2D eigenvalue weighted by atomic mass is 10.1. The van der Waals surface area contributed by atoms with Crippen molar-refractivity contribution in [1.82, 2.24) is 39.6 Å². The number of rotatable bonds is 6. The fourth-order valence-electron chi connectivity index (χ4n) is 5.40. The number of benzene rings is 1. The van der Waals surface area contributed by atoms with Gasteiger partial charge in [-0.2, -0.15) is 5.10 Å². The van der Waals surface area contributed by atoms with E-state index in [9.17, 15) is 0 Å². The number of nitrogens with one attached hydrogen (secondary N) is 1. The Morgan fingerprint density at radius 3 is 2.72 bits per heavy atom. The van der Waals surface area contributed by atoms with Crippen LogP contribution in [0.1, 0.15) is 34.8 Å². The number of pyridine rings is 3. The van der Waals surface area contributed by atoms with Crippen LogP contribution in [0.3, 0.4) is 0 Å². The third kappa shape index (κ3) is 4.13. The van der Waals surface area contributed by atoms with Crippen LogP contribution >= 0.6 is 0 Å². The van der Waals surface area contributed by atoms with E-state index in [0.717, 1.165) is 53.3 Å². The first-order chi connectivity index (χ1) is 19.2. The predicted molar refractivity (Wildman–Crippen MR) is 151 cm³/mol. The van der Waals surface area contributed by atoms with Crippen molar-refractivity contribution in [3.05, 3.63) is 108 Å². The van der Waals surface area contributed by atoms with Crippen molar-refractivity contribution in [2.24, 2.45) is 0 Å². The van der Waals surface area contributed by atoms with Gasteiger partial charge in [-0.05, 0) is 85.0 Å². The molecule has 1 aliphatic carbocycles. The summed E-state index contributed by atoms with van der Waals surface area (Å²) in [5, 5.41) is 8.10. The molecular weight excluding hydrogens is 486 g/mol. The maximum Gasteiger partial charge on any atom is 0.167 e. The van der Waals surface area contributed by atoms with Crippen molar-refractivity contribution in [2.75, 3.05) is 5.73 Å². The molecule has 0 radical (unpaired) electrons. The lowest BCUT2D eigenvalue weighted by Gasteiger charge is -2.16. The number of aromatic nitrogens is 7. The fraction of sp³-hybridized carbons (Fsp3) is 0.167. The zero-order chi connectivity index (χ0) is 26.3. The summed E-state index contributed by atoms with van der Waals surface area (Å²) in [5.41, 5.74) is 14.5. The molecule has 7 rings (SSSR count). The molecule has 0 amide bonds. The van der Waals surface area contributed by atoms with Gasteiger partial charge in [-0.1, -0.05) is 12.1 Å². The number of fused-ring (bicyclic) bond motifs is 2. The third-order valence-electron chi connectivity index (χ3n) is 7.43. The lowest BCUT2D eigenvalue weighted by Crippen LogP contribution is -2.19. The molecule has 0 saturated carbocycles. The fourth-order valence-corrected chi connectivity index (χ4v) is 5.40. The van der Waals surface area contributed by atoms with Crippen LogP contribution in [0.25, 0.3) is 34.1 Å². The monoisotopic (exact) mass is 513 g/mol. The van der Waals surface area contributed by atoms with E-state index in [1.54, 1.807) is 17.1 Å². The molecule has 3 N–H and O–H groups in total. The third-order valence-corrected chi connectivity index (χ3v) is 7.43. The second kappa shape index (κ2) is 9.45. The Morgan fingerprint density at radius 1 is 0.974 bits per heavy atom. The number of anilines is 1. The Bertz CT molecular complexity index is 1800. The second-order valence-corrected chi connectivity index (χ2v) is 9.77. The van der Waals surface area contributed by atoms with Gasteiger partial charge in [0.05, 0.1) is 5.56 Å². The zero-order valence-corrected chi connectivity index (χ0v) is 21.5. The van der Waals surface area contributed by atoms with Crippen molar-refractivity contribution in [1.29, 1.82) is 0 Å². The van der Waals surface area contributed by atoms with Crippen LogP contribution in [-0.2, 0) is 13.0 Å². The molecule has 9 nitrogen and oxygen atoms in total. The molecule has 0 unspecified atom stereocenters. The van der Waals surface area contributed by atoms with E-state index >= 15 is 0 Å². The average Bonchev–Trinajstić information content (AvgIpc) is 3.71. The minimum absolute atomic E-state index is 0.297. The van der Waals surface area contributed by atoms with Crippen LogP contribution in [-0.4, -0.2) is 34.3 Å². The normalized spacial score (nSPS) is 14.6. The molecule has 0 bridgehead atoms. The van der Waals surface area contributed by atoms with Crippen LogP contribution in [0, 0.1) is 6.92 Å². The zero-order valence-electron chi connectivity index (χ0n) is 21.5. The van der Waals surface area contributed by atoms with Gasteiger partial charge in [-0.25, -0.2) is 19.6 Å². The SMILES string of the molecule is Cc1ncccc1CN[C@H]1CCc2cc(-n3c(-c4cccnc4N)nc4ccc(-n5cccn5)nc43)ccc21. The number of nitrogens with two attached hydrogens (primary N) is 1. The molecule has 5 heterocycles. The Balaban J connectivity index is 1.31. The molecule has 5 aromatic heterocycles. The molecule has 39 heavy (non-hydrogen) atoms. The van der Waals surface area contributed by atoms with Crippen LogP contribution in [0.5, 0.6) is 0 Å². The Morgan fingerprint density at radius 2 is 1.87 bits per heavy atom. The first-order valence-electron chi connectivity index (χ1n) is 13.0. The van der Waals surface area contributed by atoms with E-state index in [2.05, 4.69) is 56.1 Å². The summed E-state index contributed by atoms with van der Waals surface area (Å²) in [6.07, 6.45) is 9.19. The molecule has 0 spiro atoms. The first-order valence-corrected chi connectivity index (χ1v) is 13.0. The molecule has 0 aliphatic heterocycles. The van der Waals surface area contributed by atoms with E-state index in [0.29, 0.717) is 17.7 Å². The second-order valence-electron chi connectivity index (χ2n) is 9.77. The van der Waals surface area contributed by atoms with E-state index in [1.165, 1.54) is 16.7 Å². The summed E-state index contributed by atoms with van der Waals surface area (Å²) in [6.45, 7) is 2.85. The van der Waals surface area contributed by atoms with Gasteiger partial charge >= 0.3 is 0 Å². The molecular formula is C30H27N9. The molecule has 1 aromatic carbocycles. The number of nitrogen functional groups attached to an aromatic ring is 1. The van der Waals surface area contributed by atoms with Crippen molar-refractivity contribution in [2.45, 2.75) is 32.4 Å². The number of hydrogen-bond donors (Lipinski definition) is 2. The van der Waals surface area contributed by atoms with E-state index in [4.69, 9.17) is 15.7 Å². The highest BCUT2D eigenvalue weighted by molar-refractivity contribution is 5.83. The minimum Gasteiger partial charge on any atom is -0.383 e. The smallest absolute Gasteiger partial charge is 0.167 e. The molecule has 6 aromatic rings. The van der Waals surface area contributed by atoms with E-state index in [-0.39, 0.29) is 0 Å². The minimum atomic E-state index is 0.297. The summed E-state index contributed by atoms with van der Waals surface area (Å²) >= 11 is 0. The van der Waals surface area contributed by atoms with Crippen molar-refractivity contribution >= 4 is 17.0 Å². The molecule has 1 atom stereocenters. The number of aryl methyl sites for hydroxylation is 2. The van der Waals surface area contributed by atoms with Crippen LogP contribution in [0.2, 0.25) is 0 Å². The summed E-state index contributed by atoms with van der Waals surface area (Å²) in [6, 6.07) is 20.7. The Labute approximate surface area is 225 Å². The topological polar surface area (TPSA) is 112 Å². The standard InChI is InChI=1S/C30H27N9/c1-19-21(5-2-13-32-19)18-34-25-10-7-20-17-22(8-9-23(20)25)39-29(24-6-3-14-33-28(24)31)36-26-11-12-27(37-30(26)39)38-16-4-15-35-38/h2-6,8-9,11-17,25,34H,7,10,18H2,1H3,(H2,31,33)/t25-/m0/s1. The van der Waals surface area contributed by atoms with Gasteiger partial charge in [0.2, 0.25) is 0 Å². The summed E-state index contributed by atoms with van der Waals surface area (Å²) in [4.78, 5) is 18.7. The highest BCUT2D eigenvalue weighted by atomic mass is 15.3. The van der Waals surface area contributed by atoms with E-state index < -0.39 is 0 Å². The van der Waals surface area contributed by atoms with Gasteiger partial charge < -0.3 is 11.1 Å². The number of nitrogens with zero attached hydrogens (tertiary/aromatic N) is 7. The van der Waals surface area contributed by atoms with Gasteiger partial charge in [0, 0.05) is 48.8 Å². The number of hydrogen-bond acceptors (Lipinski definition) is 7. The lowest BCUT2D eigenvalue weighted by molar-refractivity contribution is 0.528. The molecule has 9 heteroatoms. The van der Waals surface area contributed by atoms with Crippen molar-refractivity contribution < 1.29 is 0 Å². The highest BCUT2D eigenvalue weighted by Gasteiger charge is 2.25. The molecule has 192 valence electrons. The number of imidazole rings is 1. The maximum absolute atomic E-state index is 6.32. The molecule has 0 fully saturated rings. The van der Waals surface area contributed by atoms with Crippen LogP contribution in [0.4, 0.5) is 5.82 Å². The largest absolute Gasteiger partial charge is 0.383 e. The maximum atomic E-state index is 6.32. The van der Waals surface area contributed by atoms with Crippen molar-refractivity contribution in [3.8, 4) is 22.9 Å². The first kappa shape index (κ1) is 23.2. The van der Waals surface area contributed by atoms with E-state index in [1.807, 2.05) is 48.8 Å². The summed E-state index contributed by atoms with van der Waals surface area (Å²) in [7, 11) is 0.